The van der Waals surface area contributed by atoms with Crippen LogP contribution in [0.2, 0.25) is 10.0 Å². The van der Waals surface area contributed by atoms with Gasteiger partial charge in [-0.1, -0.05) is 23.2 Å². The number of nitrogens with zero attached hydrogens (tertiary/aromatic N) is 2. The molecule has 1 fully saturated rings. The number of ether oxygens (including phenoxy) is 2. The van der Waals surface area contributed by atoms with Crippen LogP contribution in [-0.4, -0.2) is 57.8 Å². The molecular weight excluding hydrogens is 413 g/mol. The highest BCUT2D eigenvalue weighted by Crippen LogP contribution is 2.26. The summed E-state index contributed by atoms with van der Waals surface area (Å²) < 4.78 is 38.2. The summed E-state index contributed by atoms with van der Waals surface area (Å²) in [5, 5.41) is 0.456. The Morgan fingerprint density at radius 2 is 1.93 bits per heavy atom. The number of pyridine rings is 1. The summed E-state index contributed by atoms with van der Waals surface area (Å²) in [6.07, 6.45) is 1.40. The van der Waals surface area contributed by atoms with E-state index < -0.39 is 10.0 Å². The van der Waals surface area contributed by atoms with Crippen LogP contribution in [0.3, 0.4) is 0 Å². The number of hydrogen-bond donors (Lipinski definition) is 1. The second kappa shape index (κ2) is 9.07. The SMILES string of the molecule is O=S(=O)(Nc1ccc(OCCN2CCOCC2)nc1)c1ccc(Cl)c(Cl)c1. The summed E-state index contributed by atoms with van der Waals surface area (Å²) in [4.78, 5) is 6.40. The Labute approximate surface area is 168 Å². The Morgan fingerprint density at radius 3 is 2.59 bits per heavy atom. The van der Waals surface area contributed by atoms with Gasteiger partial charge in [0.15, 0.2) is 0 Å². The Balaban J connectivity index is 1.55. The van der Waals surface area contributed by atoms with E-state index in [2.05, 4.69) is 14.6 Å². The molecule has 27 heavy (non-hydrogen) atoms. The molecule has 0 bridgehead atoms. The Morgan fingerprint density at radius 1 is 1.15 bits per heavy atom. The van der Waals surface area contributed by atoms with E-state index in [1.165, 1.54) is 24.4 Å². The minimum absolute atomic E-state index is 0.0164. The highest BCUT2D eigenvalue weighted by Gasteiger charge is 2.16. The van der Waals surface area contributed by atoms with Crippen molar-refractivity contribution in [2.24, 2.45) is 0 Å². The number of benzene rings is 1. The summed E-state index contributed by atoms with van der Waals surface area (Å²) >= 11 is 11.7. The van der Waals surface area contributed by atoms with Gasteiger partial charge in [0.25, 0.3) is 10.0 Å². The van der Waals surface area contributed by atoms with Crippen LogP contribution in [0.25, 0.3) is 0 Å². The molecule has 0 spiro atoms. The van der Waals surface area contributed by atoms with Gasteiger partial charge in [0.2, 0.25) is 5.88 Å². The van der Waals surface area contributed by atoms with Gasteiger partial charge in [-0.3, -0.25) is 9.62 Å². The fraction of sp³-hybridized carbons (Fsp3) is 0.353. The number of aromatic nitrogens is 1. The van der Waals surface area contributed by atoms with Gasteiger partial charge >= 0.3 is 0 Å². The lowest BCUT2D eigenvalue weighted by Gasteiger charge is -2.26. The normalized spacial score (nSPS) is 15.5. The lowest BCUT2D eigenvalue weighted by Crippen LogP contribution is -2.38. The second-order valence-corrected chi connectivity index (χ2v) is 8.37. The topological polar surface area (TPSA) is 80.8 Å². The van der Waals surface area contributed by atoms with E-state index in [1.54, 1.807) is 12.1 Å². The fourth-order valence-corrected chi connectivity index (χ4v) is 3.92. The molecule has 0 amide bonds. The number of rotatable bonds is 7. The molecule has 0 unspecified atom stereocenters. The van der Waals surface area contributed by atoms with Crippen LogP contribution in [0.5, 0.6) is 5.88 Å². The van der Waals surface area contributed by atoms with Crippen molar-refractivity contribution in [2.45, 2.75) is 4.90 Å². The largest absolute Gasteiger partial charge is 0.476 e. The predicted molar refractivity (Wildman–Crippen MR) is 104 cm³/mol. The van der Waals surface area contributed by atoms with Crippen LogP contribution in [0.15, 0.2) is 41.4 Å². The quantitative estimate of drug-likeness (QED) is 0.725. The van der Waals surface area contributed by atoms with Crippen LogP contribution in [0.4, 0.5) is 5.69 Å². The summed E-state index contributed by atoms with van der Waals surface area (Å²) in [5.41, 5.74) is 0.321. The molecule has 1 aliphatic rings. The summed E-state index contributed by atoms with van der Waals surface area (Å²) in [6.45, 7) is 4.56. The van der Waals surface area contributed by atoms with E-state index in [9.17, 15) is 8.42 Å². The van der Waals surface area contributed by atoms with Crippen LogP contribution in [0, 0.1) is 0 Å². The third-order valence-corrected chi connectivity index (χ3v) is 6.07. The second-order valence-electron chi connectivity index (χ2n) is 5.87. The van der Waals surface area contributed by atoms with Crippen molar-refractivity contribution in [2.75, 3.05) is 44.2 Å². The van der Waals surface area contributed by atoms with E-state index in [1.807, 2.05) is 0 Å². The van der Waals surface area contributed by atoms with Crippen LogP contribution in [-0.2, 0) is 14.8 Å². The molecule has 1 aromatic heterocycles. The number of hydrogen-bond acceptors (Lipinski definition) is 6. The molecule has 7 nitrogen and oxygen atoms in total. The molecule has 1 saturated heterocycles. The maximum absolute atomic E-state index is 12.4. The zero-order chi connectivity index (χ0) is 19.3. The smallest absolute Gasteiger partial charge is 0.261 e. The molecule has 0 radical (unpaired) electrons. The van der Waals surface area contributed by atoms with Crippen LogP contribution >= 0.6 is 23.2 Å². The Hall–Kier alpha value is -1.58. The first-order valence-electron chi connectivity index (χ1n) is 8.31. The molecule has 0 saturated carbocycles. The first-order valence-corrected chi connectivity index (χ1v) is 10.5. The average molecular weight is 432 g/mol. The monoisotopic (exact) mass is 431 g/mol. The number of anilines is 1. The van der Waals surface area contributed by atoms with Crippen LogP contribution < -0.4 is 9.46 Å². The van der Waals surface area contributed by atoms with Gasteiger partial charge < -0.3 is 9.47 Å². The molecule has 1 aliphatic heterocycles. The van der Waals surface area contributed by atoms with Crippen molar-refractivity contribution in [3.05, 3.63) is 46.6 Å². The molecule has 1 aromatic carbocycles. The highest BCUT2D eigenvalue weighted by atomic mass is 35.5. The summed E-state index contributed by atoms with van der Waals surface area (Å²) in [5.74, 6) is 0.431. The molecular formula is C17H19Cl2N3O4S. The Bertz CT molecular complexity index is 872. The van der Waals surface area contributed by atoms with Gasteiger partial charge in [-0.25, -0.2) is 13.4 Å². The minimum atomic E-state index is -3.79. The molecule has 2 heterocycles. The standard InChI is InChI=1S/C17H19Cl2N3O4S/c18-15-3-2-14(11-16(15)19)27(23,24)21-13-1-4-17(20-12-13)26-10-7-22-5-8-25-9-6-22/h1-4,11-12,21H,5-10H2. The highest BCUT2D eigenvalue weighted by molar-refractivity contribution is 7.92. The van der Waals surface area contributed by atoms with Gasteiger partial charge in [-0.05, 0) is 24.3 Å². The maximum atomic E-state index is 12.4. The number of nitrogens with one attached hydrogen (secondary N) is 1. The van der Waals surface area contributed by atoms with Crippen LogP contribution in [0.1, 0.15) is 0 Å². The predicted octanol–water partition coefficient (Wildman–Crippen LogP) is 2.90. The maximum Gasteiger partial charge on any atom is 0.261 e. The van der Waals surface area contributed by atoms with Gasteiger partial charge in [-0.2, -0.15) is 0 Å². The van der Waals surface area contributed by atoms with Crippen molar-refractivity contribution in [1.29, 1.82) is 0 Å². The molecule has 0 aliphatic carbocycles. The van der Waals surface area contributed by atoms with E-state index >= 15 is 0 Å². The molecule has 2 aromatic rings. The van der Waals surface area contributed by atoms with Crippen molar-refractivity contribution in [1.82, 2.24) is 9.88 Å². The fourth-order valence-electron chi connectivity index (χ4n) is 2.49. The van der Waals surface area contributed by atoms with Crippen molar-refractivity contribution in [3.63, 3.8) is 0 Å². The van der Waals surface area contributed by atoms with Gasteiger partial charge in [0, 0.05) is 25.7 Å². The number of halogens is 2. The van der Waals surface area contributed by atoms with Gasteiger partial charge in [0.1, 0.15) is 6.61 Å². The van der Waals surface area contributed by atoms with E-state index in [-0.39, 0.29) is 14.9 Å². The molecule has 3 rings (SSSR count). The first kappa shape index (κ1) is 20.2. The average Bonchev–Trinajstić information content (AvgIpc) is 2.66. The number of sulfonamides is 1. The lowest BCUT2D eigenvalue weighted by molar-refractivity contribution is 0.0320. The van der Waals surface area contributed by atoms with E-state index in [0.717, 1.165) is 32.8 Å². The lowest BCUT2D eigenvalue weighted by atomic mass is 10.4. The zero-order valence-corrected chi connectivity index (χ0v) is 16.7. The first-order chi connectivity index (χ1) is 12.9. The third kappa shape index (κ3) is 5.70. The Kier molecular flexibility index (Phi) is 6.78. The summed E-state index contributed by atoms with van der Waals surface area (Å²) in [6, 6.07) is 7.32. The third-order valence-electron chi connectivity index (χ3n) is 3.95. The minimum Gasteiger partial charge on any atom is -0.476 e. The zero-order valence-electron chi connectivity index (χ0n) is 14.4. The van der Waals surface area contributed by atoms with Gasteiger partial charge in [-0.15, -0.1) is 0 Å². The van der Waals surface area contributed by atoms with Crippen molar-refractivity contribution >= 4 is 38.9 Å². The van der Waals surface area contributed by atoms with Crippen molar-refractivity contribution in [3.8, 4) is 5.88 Å². The van der Waals surface area contributed by atoms with Crippen molar-refractivity contribution < 1.29 is 17.9 Å². The van der Waals surface area contributed by atoms with E-state index in [4.69, 9.17) is 32.7 Å². The number of morpholine rings is 1. The van der Waals surface area contributed by atoms with Gasteiger partial charge in [0.05, 0.1) is 40.0 Å². The molecule has 0 atom stereocenters. The summed E-state index contributed by atoms with van der Waals surface area (Å²) in [7, 11) is -3.79. The molecule has 1 N–H and O–H groups in total. The molecule has 10 heteroatoms. The van der Waals surface area contributed by atoms with E-state index in [0.29, 0.717) is 18.2 Å². The molecule has 146 valence electrons.